The van der Waals surface area contributed by atoms with E-state index in [1.807, 2.05) is 20.8 Å². The summed E-state index contributed by atoms with van der Waals surface area (Å²) in [7, 11) is 0. The molecule has 5 nitrogen and oxygen atoms in total. The van der Waals surface area contributed by atoms with E-state index in [0.29, 0.717) is 13.1 Å². The van der Waals surface area contributed by atoms with Gasteiger partial charge in [-0.25, -0.2) is 4.79 Å². The summed E-state index contributed by atoms with van der Waals surface area (Å²) in [4.78, 5) is 25.0. The van der Waals surface area contributed by atoms with Gasteiger partial charge in [0.2, 0.25) is 0 Å². The van der Waals surface area contributed by atoms with Crippen molar-refractivity contribution in [1.29, 1.82) is 0 Å². The lowest BCUT2D eigenvalue weighted by molar-refractivity contribution is -0.138. The first-order valence-corrected chi connectivity index (χ1v) is 9.37. The van der Waals surface area contributed by atoms with Crippen LogP contribution < -0.4 is 0 Å². The van der Waals surface area contributed by atoms with Gasteiger partial charge in [0, 0.05) is 18.8 Å². The molecule has 0 bridgehead atoms. The zero-order valence-corrected chi connectivity index (χ0v) is 16.4. The van der Waals surface area contributed by atoms with Gasteiger partial charge in [0.25, 0.3) is 0 Å². The highest BCUT2D eigenvalue weighted by Gasteiger charge is 2.48. The average molecular weight is 365 g/mol. The minimum atomic E-state index is -0.836. The summed E-state index contributed by atoms with van der Waals surface area (Å²) < 4.78 is 4.92. The van der Waals surface area contributed by atoms with Crippen LogP contribution in [0.4, 0.5) is 4.79 Å². The summed E-state index contributed by atoms with van der Waals surface area (Å²) in [6.07, 6.45) is -0.331. The molecular formula is C19H27NO4S. The molecule has 1 aromatic rings. The zero-order valence-electron chi connectivity index (χ0n) is 15.6. The molecule has 1 N–H and O–H groups in total. The number of thioether (sulfide) groups is 1. The number of benzene rings is 1. The third-order valence-corrected chi connectivity index (χ3v) is 5.40. The topological polar surface area (TPSA) is 66.8 Å². The predicted molar refractivity (Wildman–Crippen MR) is 100 cm³/mol. The normalized spacial score (nSPS) is 16.3. The molecule has 25 heavy (non-hydrogen) atoms. The molecule has 0 saturated carbocycles. The highest BCUT2D eigenvalue weighted by Crippen LogP contribution is 2.41. The number of likely N-dealkylation sites (tertiary alicyclic amines) is 1. The molecule has 0 aromatic heterocycles. The average Bonchev–Trinajstić information content (AvgIpc) is 2.37. The van der Waals surface area contributed by atoms with Gasteiger partial charge < -0.3 is 14.7 Å². The van der Waals surface area contributed by atoms with Crippen LogP contribution in [0.5, 0.6) is 0 Å². The molecule has 0 radical (unpaired) electrons. The molecule has 1 amide bonds. The second-order valence-corrected chi connectivity index (χ2v) is 9.32. The van der Waals surface area contributed by atoms with Crippen molar-refractivity contribution in [3.05, 3.63) is 34.9 Å². The molecule has 1 saturated heterocycles. The Labute approximate surface area is 153 Å². The molecule has 1 fully saturated rings. The van der Waals surface area contributed by atoms with Gasteiger partial charge in [-0.3, -0.25) is 4.79 Å². The Morgan fingerprint density at radius 3 is 2.24 bits per heavy atom. The van der Waals surface area contributed by atoms with Crippen LogP contribution in [0, 0.1) is 13.8 Å². The summed E-state index contributed by atoms with van der Waals surface area (Å²) >= 11 is 1.62. The predicted octanol–water partition coefficient (Wildman–Crippen LogP) is 4.00. The van der Waals surface area contributed by atoms with Crippen molar-refractivity contribution in [2.75, 3.05) is 13.1 Å². The lowest BCUT2D eigenvalue weighted by Crippen LogP contribution is -2.63. The number of rotatable bonds is 5. The van der Waals surface area contributed by atoms with Crippen molar-refractivity contribution in [2.45, 2.75) is 57.1 Å². The molecule has 138 valence electrons. The van der Waals surface area contributed by atoms with E-state index in [4.69, 9.17) is 4.74 Å². The van der Waals surface area contributed by atoms with E-state index < -0.39 is 16.3 Å². The SMILES string of the molecule is Cc1cc(C)cc(CSC2(CC(=O)O)CN(C(=O)OC(C)(C)C)C2)c1. The molecule has 6 heteroatoms. The van der Waals surface area contributed by atoms with Crippen LogP contribution in [0.3, 0.4) is 0 Å². The van der Waals surface area contributed by atoms with E-state index in [-0.39, 0.29) is 12.5 Å². The minimum Gasteiger partial charge on any atom is -0.481 e. The fourth-order valence-electron chi connectivity index (χ4n) is 3.02. The van der Waals surface area contributed by atoms with Gasteiger partial charge >= 0.3 is 12.1 Å². The number of amides is 1. The van der Waals surface area contributed by atoms with Crippen LogP contribution in [0.25, 0.3) is 0 Å². The first kappa shape index (κ1) is 19.6. The molecule has 0 atom stereocenters. The van der Waals surface area contributed by atoms with Crippen LogP contribution in [0.15, 0.2) is 18.2 Å². The highest BCUT2D eigenvalue weighted by molar-refractivity contribution is 8.00. The van der Waals surface area contributed by atoms with E-state index in [0.717, 1.165) is 5.75 Å². The second-order valence-electron chi connectivity index (χ2n) is 7.87. The quantitative estimate of drug-likeness (QED) is 0.854. The number of aliphatic carboxylic acids is 1. The number of hydrogen-bond donors (Lipinski definition) is 1. The number of hydrogen-bond acceptors (Lipinski definition) is 4. The van der Waals surface area contributed by atoms with Crippen molar-refractivity contribution >= 4 is 23.8 Å². The Bertz CT molecular complexity index is 640. The number of carbonyl (C=O) groups is 2. The minimum absolute atomic E-state index is 0.0434. The molecular weight excluding hydrogens is 338 g/mol. The number of carboxylic acid groups (broad SMARTS) is 1. The van der Waals surface area contributed by atoms with Crippen molar-refractivity contribution in [3.8, 4) is 0 Å². The summed E-state index contributed by atoms with van der Waals surface area (Å²) in [5.41, 5.74) is 3.04. The van der Waals surface area contributed by atoms with Gasteiger partial charge in [-0.2, -0.15) is 0 Å². The largest absolute Gasteiger partial charge is 0.481 e. The third-order valence-electron chi connectivity index (χ3n) is 3.91. The van der Waals surface area contributed by atoms with Crippen LogP contribution in [-0.4, -0.2) is 45.5 Å². The zero-order chi connectivity index (χ0) is 18.8. The first-order valence-electron chi connectivity index (χ1n) is 8.39. The van der Waals surface area contributed by atoms with Gasteiger partial charge in [-0.1, -0.05) is 29.3 Å². The Morgan fingerprint density at radius 2 is 1.76 bits per heavy atom. The van der Waals surface area contributed by atoms with Crippen molar-refractivity contribution in [1.82, 2.24) is 4.90 Å². The fraction of sp³-hybridized carbons (Fsp3) is 0.579. The second kappa shape index (κ2) is 7.28. The van der Waals surface area contributed by atoms with Crippen molar-refractivity contribution in [2.24, 2.45) is 0 Å². The van der Waals surface area contributed by atoms with Gasteiger partial charge in [-0.15, -0.1) is 11.8 Å². The highest BCUT2D eigenvalue weighted by atomic mass is 32.2. The van der Waals surface area contributed by atoms with Crippen molar-refractivity contribution < 1.29 is 19.4 Å². The lowest BCUT2D eigenvalue weighted by atomic mass is 9.95. The number of carboxylic acids is 1. The van der Waals surface area contributed by atoms with E-state index in [9.17, 15) is 14.7 Å². The van der Waals surface area contributed by atoms with Crippen LogP contribution >= 0.6 is 11.8 Å². The molecule has 1 heterocycles. The maximum Gasteiger partial charge on any atom is 0.410 e. The van der Waals surface area contributed by atoms with Gasteiger partial charge in [-0.05, 0) is 40.2 Å². The van der Waals surface area contributed by atoms with Crippen molar-refractivity contribution in [3.63, 3.8) is 0 Å². The number of carbonyl (C=O) groups excluding carboxylic acids is 1. The maximum absolute atomic E-state index is 12.1. The van der Waals surface area contributed by atoms with E-state index >= 15 is 0 Å². The van der Waals surface area contributed by atoms with E-state index in [1.165, 1.54) is 16.7 Å². The Morgan fingerprint density at radius 1 is 1.20 bits per heavy atom. The maximum atomic E-state index is 12.1. The molecule has 0 unspecified atom stereocenters. The smallest absolute Gasteiger partial charge is 0.410 e. The number of aryl methyl sites for hydroxylation is 2. The molecule has 1 aromatic carbocycles. The van der Waals surface area contributed by atoms with Gasteiger partial charge in [0.15, 0.2) is 0 Å². The first-order chi connectivity index (χ1) is 11.5. The lowest BCUT2D eigenvalue weighted by Gasteiger charge is -2.48. The monoisotopic (exact) mass is 365 g/mol. The third kappa shape index (κ3) is 5.66. The Hall–Kier alpha value is -1.69. The molecule has 0 spiro atoms. The molecule has 1 aliphatic rings. The van der Waals surface area contributed by atoms with Gasteiger partial charge in [0.05, 0.1) is 11.2 Å². The molecule has 1 aliphatic heterocycles. The Kier molecular flexibility index (Phi) is 5.72. The summed E-state index contributed by atoms with van der Waals surface area (Å²) in [5, 5.41) is 9.26. The summed E-state index contributed by atoms with van der Waals surface area (Å²) in [6, 6.07) is 6.37. The molecule has 2 rings (SSSR count). The van der Waals surface area contributed by atoms with Crippen LogP contribution in [0.2, 0.25) is 0 Å². The van der Waals surface area contributed by atoms with Crippen LogP contribution in [0.1, 0.15) is 43.9 Å². The van der Waals surface area contributed by atoms with E-state index in [2.05, 4.69) is 32.0 Å². The fourth-order valence-corrected chi connectivity index (χ4v) is 4.38. The number of ether oxygens (including phenoxy) is 1. The standard InChI is InChI=1S/C19H27NO4S/c1-13-6-14(2)8-15(7-13)10-25-19(9-16(21)22)11-20(12-19)17(23)24-18(3,4)5/h6-8H,9-12H2,1-5H3,(H,21,22). The number of nitrogens with zero attached hydrogens (tertiary/aromatic N) is 1. The summed E-state index contributed by atoms with van der Waals surface area (Å²) in [6.45, 7) is 10.4. The Balaban J connectivity index is 2.00. The van der Waals surface area contributed by atoms with Gasteiger partial charge in [0.1, 0.15) is 5.60 Å². The summed E-state index contributed by atoms with van der Waals surface area (Å²) in [5.74, 6) is -0.102. The van der Waals surface area contributed by atoms with E-state index in [1.54, 1.807) is 16.7 Å². The molecule has 0 aliphatic carbocycles. The van der Waals surface area contributed by atoms with Crippen LogP contribution in [-0.2, 0) is 15.3 Å².